The quantitative estimate of drug-likeness (QED) is 0.702. The maximum Gasteiger partial charge on any atom is 0.127 e. The van der Waals surface area contributed by atoms with Crippen molar-refractivity contribution in [3.05, 3.63) is 23.8 Å². The minimum Gasteiger partial charge on any atom is -0.493 e. The molecule has 3 heteroatoms. The molecule has 0 fully saturated rings. The van der Waals surface area contributed by atoms with Crippen LogP contribution >= 0.6 is 0 Å². The average molecular weight is 279 g/mol. The average Bonchev–Trinajstić information content (AvgIpc) is 2.44. The molecule has 0 spiro atoms. The van der Waals surface area contributed by atoms with E-state index < -0.39 is 0 Å². The lowest BCUT2D eigenvalue weighted by atomic mass is 10.1. The van der Waals surface area contributed by atoms with Crippen molar-refractivity contribution in [1.82, 2.24) is 5.32 Å². The normalized spacial score (nSPS) is 10.8. The Bertz CT molecular complexity index is 377. The van der Waals surface area contributed by atoms with Crippen LogP contribution in [0.1, 0.15) is 46.1 Å². The third-order valence-corrected chi connectivity index (χ3v) is 2.84. The van der Waals surface area contributed by atoms with Gasteiger partial charge in [0.2, 0.25) is 0 Å². The summed E-state index contributed by atoms with van der Waals surface area (Å²) in [5.74, 6) is 2.49. The SMILES string of the molecule is CCCOc1ccc(CNCC(C)C)c(OCCC)c1. The van der Waals surface area contributed by atoms with Crippen LogP contribution in [0.2, 0.25) is 0 Å². The molecule has 114 valence electrons. The first-order valence-corrected chi connectivity index (χ1v) is 7.76. The maximum absolute atomic E-state index is 5.84. The third-order valence-electron chi connectivity index (χ3n) is 2.84. The first kappa shape index (κ1) is 16.8. The number of ether oxygens (including phenoxy) is 2. The summed E-state index contributed by atoms with van der Waals surface area (Å²) in [6.07, 6.45) is 2.03. The van der Waals surface area contributed by atoms with Crippen molar-refractivity contribution < 1.29 is 9.47 Å². The highest BCUT2D eigenvalue weighted by Gasteiger charge is 2.06. The molecule has 0 saturated heterocycles. The summed E-state index contributed by atoms with van der Waals surface area (Å²) in [6.45, 7) is 12.0. The molecule has 0 amide bonds. The van der Waals surface area contributed by atoms with Crippen LogP contribution in [0.15, 0.2) is 18.2 Å². The molecule has 0 saturated carbocycles. The standard InChI is InChI=1S/C17H29NO2/c1-5-9-19-16-8-7-15(13-18-12-14(3)4)17(11-16)20-10-6-2/h7-8,11,14,18H,5-6,9-10,12-13H2,1-4H3. The molecule has 0 heterocycles. The highest BCUT2D eigenvalue weighted by molar-refractivity contribution is 5.40. The molecule has 0 atom stereocenters. The summed E-state index contributed by atoms with van der Waals surface area (Å²) in [5.41, 5.74) is 1.20. The van der Waals surface area contributed by atoms with Gasteiger partial charge in [-0.15, -0.1) is 0 Å². The van der Waals surface area contributed by atoms with Gasteiger partial charge in [-0.25, -0.2) is 0 Å². The minimum atomic E-state index is 0.655. The van der Waals surface area contributed by atoms with E-state index >= 15 is 0 Å². The van der Waals surface area contributed by atoms with Gasteiger partial charge in [0.15, 0.2) is 0 Å². The summed E-state index contributed by atoms with van der Waals surface area (Å²) >= 11 is 0. The van der Waals surface area contributed by atoms with Crippen molar-refractivity contribution in [3.63, 3.8) is 0 Å². The Kier molecular flexibility index (Phi) is 8.12. The third kappa shape index (κ3) is 6.29. The van der Waals surface area contributed by atoms with Crippen LogP contribution in [-0.2, 0) is 6.54 Å². The van der Waals surface area contributed by atoms with Gasteiger partial charge in [-0.2, -0.15) is 0 Å². The molecule has 1 aromatic rings. The molecule has 0 unspecified atom stereocenters. The van der Waals surface area contributed by atoms with Crippen LogP contribution in [-0.4, -0.2) is 19.8 Å². The Morgan fingerprint density at radius 2 is 1.75 bits per heavy atom. The van der Waals surface area contributed by atoms with E-state index in [4.69, 9.17) is 9.47 Å². The summed E-state index contributed by atoms with van der Waals surface area (Å²) in [6, 6.07) is 6.14. The van der Waals surface area contributed by atoms with Crippen LogP contribution < -0.4 is 14.8 Å². The van der Waals surface area contributed by atoms with E-state index in [2.05, 4.69) is 39.1 Å². The topological polar surface area (TPSA) is 30.5 Å². The van der Waals surface area contributed by atoms with Gasteiger partial charge in [-0.05, 0) is 31.4 Å². The highest BCUT2D eigenvalue weighted by atomic mass is 16.5. The molecule has 0 aliphatic heterocycles. The van der Waals surface area contributed by atoms with E-state index in [9.17, 15) is 0 Å². The molecule has 0 radical (unpaired) electrons. The molecular formula is C17H29NO2. The Hall–Kier alpha value is -1.22. The van der Waals surface area contributed by atoms with Gasteiger partial charge in [-0.1, -0.05) is 33.8 Å². The van der Waals surface area contributed by atoms with E-state index in [1.54, 1.807) is 0 Å². The van der Waals surface area contributed by atoms with Crippen LogP contribution in [0.5, 0.6) is 11.5 Å². The minimum absolute atomic E-state index is 0.655. The molecule has 1 N–H and O–H groups in total. The Balaban J connectivity index is 2.69. The second-order valence-corrected chi connectivity index (χ2v) is 5.49. The predicted octanol–water partition coefficient (Wildman–Crippen LogP) is 4.01. The largest absolute Gasteiger partial charge is 0.493 e. The molecule has 1 rings (SSSR count). The molecular weight excluding hydrogens is 250 g/mol. The van der Waals surface area contributed by atoms with E-state index in [1.165, 1.54) is 5.56 Å². The Labute approximate surface area is 123 Å². The zero-order valence-electron chi connectivity index (χ0n) is 13.4. The van der Waals surface area contributed by atoms with Crippen molar-refractivity contribution in [2.75, 3.05) is 19.8 Å². The van der Waals surface area contributed by atoms with Gasteiger partial charge < -0.3 is 14.8 Å². The zero-order chi connectivity index (χ0) is 14.8. The van der Waals surface area contributed by atoms with E-state index in [0.29, 0.717) is 5.92 Å². The smallest absolute Gasteiger partial charge is 0.127 e. The molecule has 0 aromatic heterocycles. The van der Waals surface area contributed by atoms with Crippen LogP contribution in [0, 0.1) is 5.92 Å². The lowest BCUT2D eigenvalue weighted by Crippen LogP contribution is -2.19. The number of benzene rings is 1. The van der Waals surface area contributed by atoms with Gasteiger partial charge in [0, 0.05) is 18.2 Å². The number of hydrogen-bond donors (Lipinski definition) is 1. The first-order chi connectivity index (χ1) is 9.67. The first-order valence-electron chi connectivity index (χ1n) is 7.76. The molecule has 0 aliphatic carbocycles. The lowest BCUT2D eigenvalue weighted by Gasteiger charge is -2.14. The second-order valence-electron chi connectivity index (χ2n) is 5.49. The fourth-order valence-electron chi connectivity index (χ4n) is 1.83. The van der Waals surface area contributed by atoms with Crippen LogP contribution in [0.25, 0.3) is 0 Å². The van der Waals surface area contributed by atoms with E-state index in [0.717, 1.165) is 50.6 Å². The van der Waals surface area contributed by atoms with E-state index in [-0.39, 0.29) is 0 Å². The van der Waals surface area contributed by atoms with Crippen molar-refractivity contribution in [2.24, 2.45) is 5.92 Å². The van der Waals surface area contributed by atoms with Crippen molar-refractivity contribution in [2.45, 2.75) is 47.1 Å². The lowest BCUT2D eigenvalue weighted by molar-refractivity contribution is 0.299. The fourth-order valence-corrected chi connectivity index (χ4v) is 1.83. The number of hydrogen-bond acceptors (Lipinski definition) is 3. The van der Waals surface area contributed by atoms with Crippen LogP contribution in [0.4, 0.5) is 0 Å². The van der Waals surface area contributed by atoms with Gasteiger partial charge in [0.1, 0.15) is 11.5 Å². The fraction of sp³-hybridized carbons (Fsp3) is 0.647. The van der Waals surface area contributed by atoms with Gasteiger partial charge >= 0.3 is 0 Å². The highest BCUT2D eigenvalue weighted by Crippen LogP contribution is 2.25. The van der Waals surface area contributed by atoms with Gasteiger partial charge in [-0.3, -0.25) is 0 Å². The van der Waals surface area contributed by atoms with Crippen molar-refractivity contribution >= 4 is 0 Å². The number of rotatable bonds is 10. The van der Waals surface area contributed by atoms with Gasteiger partial charge in [0.25, 0.3) is 0 Å². The predicted molar refractivity (Wildman–Crippen MR) is 84.6 cm³/mol. The maximum atomic E-state index is 5.84. The zero-order valence-corrected chi connectivity index (χ0v) is 13.4. The monoisotopic (exact) mass is 279 g/mol. The van der Waals surface area contributed by atoms with Crippen molar-refractivity contribution in [1.29, 1.82) is 0 Å². The summed E-state index contributed by atoms with van der Waals surface area (Å²) < 4.78 is 11.5. The van der Waals surface area contributed by atoms with Crippen LogP contribution in [0.3, 0.4) is 0 Å². The Morgan fingerprint density at radius 3 is 2.40 bits per heavy atom. The number of nitrogens with one attached hydrogen (secondary N) is 1. The molecule has 20 heavy (non-hydrogen) atoms. The van der Waals surface area contributed by atoms with Gasteiger partial charge in [0.05, 0.1) is 13.2 Å². The van der Waals surface area contributed by atoms with Crippen molar-refractivity contribution in [3.8, 4) is 11.5 Å². The Morgan fingerprint density at radius 1 is 1.05 bits per heavy atom. The summed E-state index contributed by atoms with van der Waals surface area (Å²) in [7, 11) is 0. The molecule has 3 nitrogen and oxygen atoms in total. The van der Waals surface area contributed by atoms with E-state index in [1.807, 2.05) is 12.1 Å². The summed E-state index contributed by atoms with van der Waals surface area (Å²) in [4.78, 5) is 0. The molecule has 0 aliphatic rings. The summed E-state index contributed by atoms with van der Waals surface area (Å²) in [5, 5.41) is 3.46. The second kappa shape index (κ2) is 9.65. The molecule has 1 aromatic carbocycles. The molecule has 0 bridgehead atoms.